The maximum atomic E-state index is 13.2. The summed E-state index contributed by atoms with van der Waals surface area (Å²) in [5, 5.41) is 0. The highest BCUT2D eigenvalue weighted by molar-refractivity contribution is 6.02. The molecule has 0 aliphatic carbocycles. The van der Waals surface area contributed by atoms with Gasteiger partial charge in [-0.2, -0.15) is 0 Å². The van der Waals surface area contributed by atoms with Crippen LogP contribution in [0.4, 0.5) is 5.69 Å². The molecule has 2 fully saturated rings. The van der Waals surface area contributed by atoms with Gasteiger partial charge >= 0.3 is 5.97 Å². The molecule has 3 aliphatic rings. The fourth-order valence-corrected chi connectivity index (χ4v) is 4.33. The van der Waals surface area contributed by atoms with Gasteiger partial charge in [-0.05, 0) is 25.5 Å². The second-order valence-corrected chi connectivity index (χ2v) is 7.53. The molecule has 4 rings (SSSR count). The fourth-order valence-electron chi connectivity index (χ4n) is 4.33. The second-order valence-electron chi connectivity index (χ2n) is 7.53. The van der Waals surface area contributed by atoms with Gasteiger partial charge in [0.15, 0.2) is 0 Å². The van der Waals surface area contributed by atoms with E-state index < -0.39 is 17.4 Å². The molecular formula is C21H25NO4. The normalized spacial score (nSPS) is 31.5. The summed E-state index contributed by atoms with van der Waals surface area (Å²) >= 11 is 0. The Hall–Kier alpha value is -2.14. The summed E-state index contributed by atoms with van der Waals surface area (Å²) in [5.41, 5.74) is 1.30. The molecule has 0 saturated carbocycles. The van der Waals surface area contributed by atoms with E-state index in [1.165, 1.54) is 0 Å². The lowest BCUT2D eigenvalue weighted by Gasteiger charge is -2.22. The molecule has 0 radical (unpaired) electrons. The van der Waals surface area contributed by atoms with E-state index in [0.717, 1.165) is 30.5 Å². The van der Waals surface area contributed by atoms with Crippen LogP contribution in [0.3, 0.4) is 0 Å². The molecule has 0 unspecified atom stereocenters. The molecule has 5 nitrogen and oxygen atoms in total. The molecule has 138 valence electrons. The first-order chi connectivity index (χ1) is 12.6. The summed E-state index contributed by atoms with van der Waals surface area (Å²) in [7, 11) is 0. The molecule has 2 saturated heterocycles. The van der Waals surface area contributed by atoms with Crippen LogP contribution in [0.15, 0.2) is 36.4 Å². The highest BCUT2D eigenvalue weighted by Gasteiger charge is 2.67. The van der Waals surface area contributed by atoms with Gasteiger partial charge < -0.3 is 14.4 Å². The molecular weight excluding hydrogens is 330 g/mol. The van der Waals surface area contributed by atoms with Crippen LogP contribution in [0.25, 0.3) is 0 Å². The number of aryl methyl sites for hydroxylation is 1. The average Bonchev–Trinajstić information content (AvgIpc) is 3.28. The minimum absolute atomic E-state index is 0.0452. The van der Waals surface area contributed by atoms with Crippen molar-refractivity contribution in [3.8, 4) is 0 Å². The Bertz CT molecular complexity index is 741. The first-order valence-corrected chi connectivity index (χ1v) is 9.47. The molecule has 1 aromatic rings. The summed E-state index contributed by atoms with van der Waals surface area (Å²) in [6.45, 7) is 4.99. The first-order valence-electron chi connectivity index (χ1n) is 9.47. The van der Waals surface area contributed by atoms with Crippen LogP contribution in [0.5, 0.6) is 0 Å². The zero-order valence-electron chi connectivity index (χ0n) is 15.3. The van der Waals surface area contributed by atoms with Gasteiger partial charge in [0, 0.05) is 5.69 Å². The lowest BCUT2D eigenvalue weighted by molar-refractivity contribution is -0.152. The standard InChI is InChI=1S/C21H25NO4/c1-3-4-5-12-25-20(24)17-16-10-11-21(26-16)13-22(19(23)18(17)21)15-8-6-14(2)7-9-15/h6-11,16-18H,3-5,12-13H2,1-2H3/t16-,17+,18+,21-/m1/s1. The van der Waals surface area contributed by atoms with Crippen molar-refractivity contribution in [2.45, 2.75) is 44.8 Å². The fraction of sp³-hybridized carbons (Fsp3) is 0.524. The van der Waals surface area contributed by atoms with E-state index >= 15 is 0 Å². The number of amides is 1. The van der Waals surface area contributed by atoms with Gasteiger partial charge in [-0.1, -0.05) is 49.6 Å². The van der Waals surface area contributed by atoms with Crippen LogP contribution in [-0.4, -0.2) is 36.7 Å². The number of esters is 1. The quantitative estimate of drug-likeness (QED) is 0.447. The number of hydrogen-bond acceptors (Lipinski definition) is 4. The summed E-state index contributed by atoms with van der Waals surface area (Å²) in [6.07, 6.45) is 6.50. The van der Waals surface area contributed by atoms with Crippen molar-refractivity contribution < 1.29 is 19.1 Å². The molecule has 1 spiro atoms. The summed E-state index contributed by atoms with van der Waals surface area (Å²) < 4.78 is 11.6. The monoisotopic (exact) mass is 355 g/mol. The van der Waals surface area contributed by atoms with Gasteiger partial charge in [-0.15, -0.1) is 0 Å². The van der Waals surface area contributed by atoms with Crippen molar-refractivity contribution in [1.82, 2.24) is 0 Å². The highest BCUT2D eigenvalue weighted by Crippen LogP contribution is 2.52. The molecule has 1 aromatic carbocycles. The maximum absolute atomic E-state index is 13.2. The number of hydrogen-bond donors (Lipinski definition) is 0. The van der Waals surface area contributed by atoms with E-state index in [-0.39, 0.29) is 18.0 Å². The Morgan fingerprint density at radius 1 is 1.31 bits per heavy atom. The number of carbonyl (C=O) groups excluding carboxylic acids is 2. The minimum Gasteiger partial charge on any atom is -0.465 e. The maximum Gasteiger partial charge on any atom is 0.312 e. The van der Waals surface area contributed by atoms with Gasteiger partial charge in [-0.25, -0.2) is 0 Å². The van der Waals surface area contributed by atoms with Crippen LogP contribution in [0.2, 0.25) is 0 Å². The molecule has 26 heavy (non-hydrogen) atoms. The van der Waals surface area contributed by atoms with Crippen molar-refractivity contribution in [1.29, 1.82) is 0 Å². The van der Waals surface area contributed by atoms with Crippen molar-refractivity contribution in [2.24, 2.45) is 11.8 Å². The molecule has 0 N–H and O–H groups in total. The zero-order chi connectivity index (χ0) is 18.3. The van der Waals surface area contributed by atoms with E-state index in [1.807, 2.05) is 43.3 Å². The van der Waals surface area contributed by atoms with Crippen molar-refractivity contribution in [3.63, 3.8) is 0 Å². The third-order valence-corrected chi connectivity index (χ3v) is 5.71. The largest absolute Gasteiger partial charge is 0.465 e. The number of nitrogens with zero attached hydrogens (tertiary/aromatic N) is 1. The predicted octanol–water partition coefficient (Wildman–Crippen LogP) is 3.01. The van der Waals surface area contributed by atoms with Gasteiger partial charge in [0.05, 0.1) is 25.2 Å². The second kappa shape index (κ2) is 6.54. The molecule has 3 aliphatic heterocycles. The van der Waals surface area contributed by atoms with Crippen molar-refractivity contribution >= 4 is 17.6 Å². The number of fused-ring (bicyclic) bond motifs is 1. The molecule has 3 heterocycles. The Labute approximate surface area is 154 Å². The summed E-state index contributed by atoms with van der Waals surface area (Å²) in [4.78, 5) is 27.6. The average molecular weight is 355 g/mol. The van der Waals surface area contributed by atoms with Crippen molar-refractivity contribution in [3.05, 3.63) is 42.0 Å². The topological polar surface area (TPSA) is 55.8 Å². The van der Waals surface area contributed by atoms with E-state index in [2.05, 4.69) is 6.92 Å². The molecule has 2 bridgehead atoms. The first kappa shape index (κ1) is 17.3. The van der Waals surface area contributed by atoms with Crippen LogP contribution < -0.4 is 4.90 Å². The van der Waals surface area contributed by atoms with Crippen LogP contribution in [-0.2, 0) is 19.1 Å². The summed E-state index contributed by atoms with van der Waals surface area (Å²) in [6, 6.07) is 7.86. The Balaban J connectivity index is 1.53. The molecule has 4 atom stereocenters. The van der Waals surface area contributed by atoms with E-state index in [9.17, 15) is 9.59 Å². The molecule has 1 amide bonds. The summed E-state index contributed by atoms with van der Waals surface area (Å²) in [5.74, 6) is -1.38. The van der Waals surface area contributed by atoms with E-state index in [0.29, 0.717) is 13.2 Å². The Morgan fingerprint density at radius 2 is 2.08 bits per heavy atom. The number of carbonyl (C=O) groups is 2. The van der Waals surface area contributed by atoms with Gasteiger partial charge in [0.2, 0.25) is 5.91 Å². The number of rotatable bonds is 6. The lowest BCUT2D eigenvalue weighted by atomic mass is 9.77. The predicted molar refractivity (Wildman–Crippen MR) is 97.7 cm³/mol. The van der Waals surface area contributed by atoms with Gasteiger partial charge in [-0.3, -0.25) is 9.59 Å². The molecule has 0 aromatic heterocycles. The Morgan fingerprint density at radius 3 is 2.81 bits per heavy atom. The smallest absolute Gasteiger partial charge is 0.312 e. The van der Waals surface area contributed by atoms with Gasteiger partial charge in [0.25, 0.3) is 0 Å². The lowest BCUT2D eigenvalue weighted by Crippen LogP contribution is -2.40. The number of anilines is 1. The van der Waals surface area contributed by atoms with Crippen LogP contribution in [0, 0.1) is 18.8 Å². The number of unbranched alkanes of at least 4 members (excludes halogenated alkanes) is 2. The van der Waals surface area contributed by atoms with Crippen LogP contribution >= 0.6 is 0 Å². The SMILES string of the molecule is CCCCCOC(=O)[C@@H]1[C@H]2C(=O)N(c3ccc(C)cc3)C[C@]23C=C[C@H]1O3. The van der Waals surface area contributed by atoms with E-state index in [1.54, 1.807) is 4.90 Å². The van der Waals surface area contributed by atoms with Crippen LogP contribution in [0.1, 0.15) is 31.7 Å². The van der Waals surface area contributed by atoms with E-state index in [4.69, 9.17) is 9.47 Å². The zero-order valence-corrected chi connectivity index (χ0v) is 15.3. The Kier molecular flexibility index (Phi) is 4.35. The number of ether oxygens (including phenoxy) is 2. The molecule has 5 heteroatoms. The number of benzene rings is 1. The van der Waals surface area contributed by atoms with Gasteiger partial charge in [0.1, 0.15) is 11.5 Å². The third kappa shape index (κ3) is 2.65. The third-order valence-electron chi connectivity index (χ3n) is 5.71. The minimum atomic E-state index is -0.695. The van der Waals surface area contributed by atoms with Crippen molar-refractivity contribution in [2.75, 3.05) is 18.1 Å². The highest BCUT2D eigenvalue weighted by atomic mass is 16.6.